The van der Waals surface area contributed by atoms with Crippen LogP contribution in [0.5, 0.6) is 0 Å². The molecule has 0 atom stereocenters. The summed E-state index contributed by atoms with van der Waals surface area (Å²) >= 11 is 0. The molecule has 0 fully saturated rings. The summed E-state index contributed by atoms with van der Waals surface area (Å²) in [5.41, 5.74) is 7.87. The summed E-state index contributed by atoms with van der Waals surface area (Å²) < 4.78 is 0. The van der Waals surface area contributed by atoms with Gasteiger partial charge in [-0.2, -0.15) is 5.26 Å². The highest BCUT2D eigenvalue weighted by Crippen LogP contribution is 2.22. The molecule has 0 spiro atoms. The van der Waals surface area contributed by atoms with Gasteiger partial charge in [-0.3, -0.25) is 4.79 Å². The molecule has 90 valence electrons. The second-order valence-corrected chi connectivity index (χ2v) is 4.70. The number of nitrogens with two attached hydrogens (primary N) is 1. The number of nitrogens with zero attached hydrogens (tertiary/aromatic N) is 1. The summed E-state index contributed by atoms with van der Waals surface area (Å²) in [6, 6.07) is 5.53. The molecule has 0 aromatic heterocycles. The van der Waals surface area contributed by atoms with Gasteiger partial charge in [0.15, 0.2) is 0 Å². The van der Waals surface area contributed by atoms with Crippen LogP contribution in [-0.2, 0) is 4.79 Å². The normalized spacial score (nSPS) is 10.8. The molecular formula is C13H17N3O. The fraction of sp³-hybridized carbons (Fsp3) is 0.385. The highest BCUT2D eigenvalue weighted by Gasteiger charge is 2.22. The van der Waals surface area contributed by atoms with Gasteiger partial charge < -0.3 is 11.1 Å². The van der Waals surface area contributed by atoms with Crippen molar-refractivity contribution >= 4 is 11.6 Å². The number of nitrogens with one attached hydrogen (secondary N) is 1. The van der Waals surface area contributed by atoms with Crippen LogP contribution in [0.3, 0.4) is 0 Å². The molecule has 1 rings (SSSR count). The molecule has 0 heterocycles. The topological polar surface area (TPSA) is 78.9 Å². The van der Waals surface area contributed by atoms with Crippen molar-refractivity contribution in [3.8, 4) is 6.07 Å². The highest BCUT2D eigenvalue weighted by molar-refractivity contribution is 5.98. The van der Waals surface area contributed by atoms with Crippen LogP contribution in [-0.4, -0.2) is 11.4 Å². The van der Waals surface area contributed by atoms with Crippen LogP contribution >= 0.6 is 0 Å². The minimum absolute atomic E-state index is 0.246. The Morgan fingerprint density at radius 1 is 1.35 bits per heavy atom. The molecule has 3 N–H and O–H groups in total. The molecule has 0 aliphatic carbocycles. The lowest BCUT2D eigenvalue weighted by Crippen LogP contribution is -2.45. The maximum atomic E-state index is 11.8. The number of nitriles is 1. The average molecular weight is 231 g/mol. The molecule has 4 nitrogen and oxygen atoms in total. The highest BCUT2D eigenvalue weighted by atomic mass is 16.2. The van der Waals surface area contributed by atoms with Crippen LogP contribution in [0.1, 0.15) is 30.5 Å². The minimum atomic E-state index is -0.922. The first-order chi connectivity index (χ1) is 7.77. The molecule has 0 aliphatic rings. The quantitative estimate of drug-likeness (QED) is 0.815. The minimum Gasteiger partial charge on any atom is -0.324 e. The zero-order chi connectivity index (χ0) is 13.2. The maximum absolute atomic E-state index is 11.8. The van der Waals surface area contributed by atoms with E-state index in [4.69, 9.17) is 11.0 Å². The van der Waals surface area contributed by atoms with E-state index in [0.717, 1.165) is 11.1 Å². The van der Waals surface area contributed by atoms with Crippen molar-refractivity contribution < 1.29 is 4.79 Å². The third-order valence-corrected chi connectivity index (χ3v) is 2.74. The molecule has 1 aromatic carbocycles. The van der Waals surface area contributed by atoms with Crippen molar-refractivity contribution in [1.82, 2.24) is 0 Å². The van der Waals surface area contributed by atoms with Crippen LogP contribution in [0.25, 0.3) is 0 Å². The molecule has 4 heteroatoms. The SMILES string of the molecule is Cc1c(C#N)ccc(NC(=O)C(C)(C)N)c1C. The van der Waals surface area contributed by atoms with Gasteiger partial charge in [0.1, 0.15) is 0 Å². The summed E-state index contributed by atoms with van der Waals surface area (Å²) in [5.74, 6) is -0.246. The number of anilines is 1. The van der Waals surface area contributed by atoms with Gasteiger partial charge in [0.2, 0.25) is 5.91 Å². The Bertz CT molecular complexity index is 493. The van der Waals surface area contributed by atoms with Crippen LogP contribution in [0.4, 0.5) is 5.69 Å². The van der Waals surface area contributed by atoms with Crippen LogP contribution in [0.2, 0.25) is 0 Å². The number of carbonyl (C=O) groups excluding carboxylic acids is 1. The summed E-state index contributed by atoms with van der Waals surface area (Å²) in [6.45, 7) is 7.02. The molecule has 0 aliphatic heterocycles. The number of rotatable bonds is 2. The molecule has 0 unspecified atom stereocenters. The van der Waals surface area contributed by atoms with Crippen LogP contribution in [0.15, 0.2) is 12.1 Å². The molecule has 1 aromatic rings. The van der Waals surface area contributed by atoms with E-state index in [1.165, 1.54) is 0 Å². The summed E-state index contributed by atoms with van der Waals surface area (Å²) in [7, 11) is 0. The first-order valence-corrected chi connectivity index (χ1v) is 5.38. The lowest BCUT2D eigenvalue weighted by Gasteiger charge is -2.19. The summed E-state index contributed by atoms with van der Waals surface area (Å²) in [5, 5.41) is 11.7. The van der Waals surface area contributed by atoms with Crippen molar-refractivity contribution in [2.24, 2.45) is 5.73 Å². The van der Waals surface area contributed by atoms with Crippen LogP contribution in [0, 0.1) is 25.2 Å². The van der Waals surface area contributed by atoms with Crippen molar-refractivity contribution in [3.05, 3.63) is 28.8 Å². The van der Waals surface area contributed by atoms with E-state index >= 15 is 0 Å². The smallest absolute Gasteiger partial charge is 0.243 e. The van der Waals surface area contributed by atoms with E-state index in [1.54, 1.807) is 26.0 Å². The molecular weight excluding hydrogens is 214 g/mol. The van der Waals surface area contributed by atoms with E-state index < -0.39 is 5.54 Å². The second kappa shape index (κ2) is 4.56. The third kappa shape index (κ3) is 2.83. The Labute approximate surface area is 101 Å². The molecule has 0 radical (unpaired) electrons. The van der Waals surface area contributed by atoms with E-state index in [9.17, 15) is 4.79 Å². The number of benzene rings is 1. The van der Waals surface area contributed by atoms with E-state index in [-0.39, 0.29) is 5.91 Å². The van der Waals surface area contributed by atoms with Gasteiger partial charge in [-0.25, -0.2) is 0 Å². The Kier molecular flexibility index (Phi) is 3.54. The predicted molar refractivity (Wildman–Crippen MR) is 67.5 cm³/mol. The Morgan fingerprint density at radius 3 is 2.41 bits per heavy atom. The molecule has 0 saturated carbocycles. The van der Waals surface area contributed by atoms with Gasteiger partial charge in [-0.15, -0.1) is 0 Å². The van der Waals surface area contributed by atoms with Gasteiger partial charge in [0.25, 0.3) is 0 Å². The average Bonchev–Trinajstić information content (AvgIpc) is 2.23. The monoisotopic (exact) mass is 231 g/mol. The molecule has 1 amide bonds. The van der Waals surface area contributed by atoms with Gasteiger partial charge in [0, 0.05) is 5.69 Å². The first kappa shape index (κ1) is 13.2. The number of carbonyl (C=O) groups is 1. The van der Waals surface area contributed by atoms with Gasteiger partial charge in [0.05, 0.1) is 17.2 Å². The van der Waals surface area contributed by atoms with E-state index in [0.29, 0.717) is 11.3 Å². The van der Waals surface area contributed by atoms with Gasteiger partial charge >= 0.3 is 0 Å². The van der Waals surface area contributed by atoms with Crippen molar-refractivity contribution in [3.63, 3.8) is 0 Å². The zero-order valence-corrected chi connectivity index (χ0v) is 10.6. The zero-order valence-electron chi connectivity index (χ0n) is 10.6. The standard InChI is InChI=1S/C13H17N3O/c1-8-9(2)11(6-5-10(8)7-14)16-12(17)13(3,4)15/h5-6H,15H2,1-4H3,(H,16,17). The van der Waals surface area contributed by atoms with Crippen LogP contribution < -0.4 is 11.1 Å². The number of hydrogen-bond acceptors (Lipinski definition) is 3. The number of hydrogen-bond donors (Lipinski definition) is 2. The fourth-order valence-corrected chi connectivity index (χ4v) is 1.36. The van der Waals surface area contributed by atoms with Crippen molar-refractivity contribution in [2.45, 2.75) is 33.2 Å². The lowest BCUT2D eigenvalue weighted by molar-refractivity contribution is -0.120. The van der Waals surface area contributed by atoms with Crippen molar-refractivity contribution in [2.75, 3.05) is 5.32 Å². The van der Waals surface area contributed by atoms with E-state index in [2.05, 4.69) is 11.4 Å². The largest absolute Gasteiger partial charge is 0.324 e. The Hall–Kier alpha value is -1.86. The second-order valence-electron chi connectivity index (χ2n) is 4.70. The Morgan fingerprint density at radius 2 is 1.94 bits per heavy atom. The molecule has 0 bridgehead atoms. The van der Waals surface area contributed by atoms with E-state index in [1.807, 2.05) is 13.8 Å². The maximum Gasteiger partial charge on any atom is 0.243 e. The van der Waals surface area contributed by atoms with Crippen molar-refractivity contribution in [1.29, 1.82) is 5.26 Å². The third-order valence-electron chi connectivity index (χ3n) is 2.74. The number of amides is 1. The Balaban J connectivity index is 3.07. The summed E-state index contributed by atoms with van der Waals surface area (Å²) in [6.07, 6.45) is 0. The lowest BCUT2D eigenvalue weighted by atomic mass is 10.0. The molecule has 17 heavy (non-hydrogen) atoms. The van der Waals surface area contributed by atoms with Gasteiger partial charge in [-0.05, 0) is 51.0 Å². The first-order valence-electron chi connectivity index (χ1n) is 5.38. The predicted octanol–water partition coefficient (Wildman–Crippen LogP) is 1.85. The fourth-order valence-electron chi connectivity index (χ4n) is 1.36. The van der Waals surface area contributed by atoms with Gasteiger partial charge in [-0.1, -0.05) is 0 Å². The summed E-state index contributed by atoms with van der Waals surface area (Å²) in [4.78, 5) is 11.8. The molecule has 0 saturated heterocycles.